The number of methoxy groups -OCH3 is 1. The van der Waals surface area contributed by atoms with Crippen molar-refractivity contribution in [1.29, 1.82) is 0 Å². The van der Waals surface area contributed by atoms with Crippen LogP contribution in [0.5, 0.6) is 0 Å². The Morgan fingerprint density at radius 3 is 2.24 bits per heavy atom. The van der Waals surface area contributed by atoms with Gasteiger partial charge in [-0.2, -0.15) is 4.31 Å². The molecule has 0 saturated carbocycles. The van der Waals surface area contributed by atoms with E-state index >= 15 is 0 Å². The van der Waals surface area contributed by atoms with Crippen molar-refractivity contribution in [1.82, 2.24) is 0 Å². The van der Waals surface area contributed by atoms with Crippen LogP contribution < -0.4 is 8.61 Å². The molecule has 1 heterocycles. The second-order valence-electron chi connectivity index (χ2n) is 8.03. The van der Waals surface area contributed by atoms with Crippen LogP contribution in [0.1, 0.15) is 22.3 Å². The number of carbonyl (C=O) groups is 1. The second-order valence-corrected chi connectivity index (χ2v) is 11.6. The SMILES string of the molecule is COC(=O)c1ccccc1S(=O)(=O)N1CCCc2ccc(N(C(F)(F)F)S(=O)(=O)c3ccccc3)cc21. The molecule has 1 aliphatic rings. The molecule has 0 amide bonds. The maximum Gasteiger partial charge on any atom is 0.498 e. The van der Waals surface area contributed by atoms with Crippen LogP contribution in [0.25, 0.3) is 0 Å². The van der Waals surface area contributed by atoms with Crippen LogP contribution >= 0.6 is 0 Å². The number of hydrogen-bond acceptors (Lipinski definition) is 6. The molecular weight excluding hydrogens is 533 g/mol. The summed E-state index contributed by atoms with van der Waals surface area (Å²) in [5.74, 6) is -0.901. The summed E-state index contributed by atoms with van der Waals surface area (Å²) in [4.78, 5) is 11.2. The third-order valence-corrected chi connectivity index (χ3v) is 9.39. The van der Waals surface area contributed by atoms with E-state index in [0.717, 1.165) is 35.7 Å². The Balaban J connectivity index is 1.87. The number of esters is 1. The molecule has 0 spiro atoms. The highest BCUT2D eigenvalue weighted by Crippen LogP contribution is 2.40. The number of anilines is 2. The molecule has 0 N–H and O–H groups in total. The number of hydrogen-bond donors (Lipinski definition) is 0. The Morgan fingerprint density at radius 1 is 0.946 bits per heavy atom. The van der Waals surface area contributed by atoms with Crippen molar-refractivity contribution in [3.63, 3.8) is 0 Å². The summed E-state index contributed by atoms with van der Waals surface area (Å²) in [6.07, 6.45) is -4.63. The van der Waals surface area contributed by atoms with Crippen LogP contribution in [0.2, 0.25) is 0 Å². The highest BCUT2D eigenvalue weighted by molar-refractivity contribution is 7.93. The van der Waals surface area contributed by atoms with Crippen molar-refractivity contribution in [2.45, 2.75) is 28.9 Å². The molecule has 196 valence electrons. The average Bonchev–Trinajstić information content (AvgIpc) is 2.87. The molecule has 3 aromatic rings. The van der Waals surface area contributed by atoms with E-state index in [1.54, 1.807) is 0 Å². The number of rotatable bonds is 6. The lowest BCUT2D eigenvalue weighted by Gasteiger charge is -2.33. The van der Waals surface area contributed by atoms with Gasteiger partial charge in [0.05, 0.1) is 28.9 Å². The molecule has 8 nitrogen and oxygen atoms in total. The zero-order chi connectivity index (χ0) is 27.0. The van der Waals surface area contributed by atoms with E-state index in [0.29, 0.717) is 18.4 Å². The monoisotopic (exact) mass is 554 g/mol. The number of sulfonamides is 2. The number of benzene rings is 3. The molecule has 0 bridgehead atoms. The van der Waals surface area contributed by atoms with Crippen molar-refractivity contribution < 1.29 is 39.5 Å². The van der Waals surface area contributed by atoms with Gasteiger partial charge in [0.15, 0.2) is 0 Å². The smallest absolute Gasteiger partial charge is 0.465 e. The van der Waals surface area contributed by atoms with Crippen molar-refractivity contribution >= 4 is 37.4 Å². The van der Waals surface area contributed by atoms with Crippen LogP contribution in [-0.4, -0.2) is 42.8 Å². The fourth-order valence-electron chi connectivity index (χ4n) is 4.11. The largest absolute Gasteiger partial charge is 0.498 e. The normalized spacial score (nSPS) is 14.1. The Bertz CT molecular complexity index is 1540. The Labute approximate surface area is 212 Å². The number of aryl methyl sites for hydroxylation is 1. The fraction of sp³-hybridized carbons (Fsp3) is 0.208. The molecule has 0 radical (unpaired) electrons. The quantitative estimate of drug-likeness (QED) is 0.332. The van der Waals surface area contributed by atoms with Crippen LogP contribution in [0.15, 0.2) is 82.6 Å². The van der Waals surface area contributed by atoms with Gasteiger partial charge in [-0.25, -0.2) is 21.6 Å². The Hall–Kier alpha value is -3.58. The van der Waals surface area contributed by atoms with Crippen molar-refractivity contribution in [3.05, 3.63) is 83.9 Å². The van der Waals surface area contributed by atoms with Gasteiger partial charge in [0.25, 0.3) is 20.0 Å². The number of alkyl halides is 3. The molecule has 3 aromatic carbocycles. The fourth-order valence-corrected chi connectivity index (χ4v) is 7.20. The molecule has 0 fully saturated rings. The van der Waals surface area contributed by atoms with E-state index in [9.17, 15) is 34.8 Å². The first-order valence-corrected chi connectivity index (χ1v) is 13.8. The minimum absolute atomic E-state index is 0.0915. The van der Waals surface area contributed by atoms with Gasteiger partial charge in [0.2, 0.25) is 0 Å². The van der Waals surface area contributed by atoms with Gasteiger partial charge in [-0.1, -0.05) is 36.4 Å². The zero-order valence-corrected chi connectivity index (χ0v) is 21.0. The number of fused-ring (bicyclic) bond motifs is 1. The van der Waals surface area contributed by atoms with Gasteiger partial charge >= 0.3 is 12.3 Å². The van der Waals surface area contributed by atoms with Gasteiger partial charge in [0.1, 0.15) is 4.90 Å². The topological polar surface area (TPSA) is 101 Å². The zero-order valence-electron chi connectivity index (χ0n) is 19.3. The molecule has 37 heavy (non-hydrogen) atoms. The minimum atomic E-state index is -5.35. The molecule has 0 unspecified atom stereocenters. The van der Waals surface area contributed by atoms with E-state index in [1.807, 2.05) is 0 Å². The van der Waals surface area contributed by atoms with E-state index < -0.39 is 47.2 Å². The third kappa shape index (κ3) is 4.88. The van der Waals surface area contributed by atoms with E-state index in [1.165, 1.54) is 48.5 Å². The summed E-state index contributed by atoms with van der Waals surface area (Å²) >= 11 is 0. The summed E-state index contributed by atoms with van der Waals surface area (Å²) in [5, 5.41) is 0. The summed E-state index contributed by atoms with van der Waals surface area (Å²) in [7, 11) is -8.44. The average molecular weight is 555 g/mol. The Morgan fingerprint density at radius 2 is 1.59 bits per heavy atom. The number of nitrogens with zero attached hydrogens (tertiary/aromatic N) is 2. The lowest BCUT2D eigenvalue weighted by atomic mass is 10.0. The van der Waals surface area contributed by atoms with E-state index in [2.05, 4.69) is 4.74 Å². The van der Waals surface area contributed by atoms with Crippen molar-refractivity contribution in [2.24, 2.45) is 0 Å². The highest BCUT2D eigenvalue weighted by Gasteiger charge is 2.47. The summed E-state index contributed by atoms with van der Waals surface area (Å²) in [6, 6.07) is 14.6. The first kappa shape index (κ1) is 26.5. The predicted octanol–water partition coefficient (Wildman–Crippen LogP) is 4.33. The van der Waals surface area contributed by atoms with Gasteiger partial charge < -0.3 is 4.74 Å². The second kappa shape index (κ2) is 9.71. The molecule has 0 atom stereocenters. The first-order chi connectivity index (χ1) is 17.4. The molecular formula is C24H21F3N2O6S2. The lowest BCUT2D eigenvalue weighted by Crippen LogP contribution is -2.43. The molecule has 4 rings (SSSR count). The predicted molar refractivity (Wildman–Crippen MR) is 129 cm³/mol. The molecule has 0 aliphatic carbocycles. The van der Waals surface area contributed by atoms with Gasteiger partial charge in [-0.05, 0) is 54.8 Å². The maximum absolute atomic E-state index is 14.2. The van der Waals surface area contributed by atoms with Crippen molar-refractivity contribution in [2.75, 3.05) is 22.3 Å². The van der Waals surface area contributed by atoms with Crippen LogP contribution in [0.4, 0.5) is 24.5 Å². The van der Waals surface area contributed by atoms with Gasteiger partial charge in [0, 0.05) is 6.54 Å². The molecule has 0 aromatic heterocycles. The summed E-state index contributed by atoms with van der Waals surface area (Å²) in [6.45, 7) is -0.0915. The van der Waals surface area contributed by atoms with Crippen LogP contribution in [-0.2, 0) is 31.2 Å². The minimum Gasteiger partial charge on any atom is -0.465 e. The van der Waals surface area contributed by atoms with Crippen molar-refractivity contribution in [3.8, 4) is 0 Å². The molecule has 1 aliphatic heterocycles. The highest BCUT2D eigenvalue weighted by atomic mass is 32.2. The van der Waals surface area contributed by atoms with E-state index in [4.69, 9.17) is 0 Å². The number of carbonyl (C=O) groups excluding carboxylic acids is 1. The van der Waals surface area contributed by atoms with Crippen LogP contribution in [0, 0.1) is 0 Å². The third-order valence-electron chi connectivity index (χ3n) is 5.75. The standard InChI is InChI=1S/C24H21F3N2O6S2/c1-35-23(30)20-11-5-6-12-22(20)37(33,34)28-15-7-8-17-13-14-18(16-21(17)28)29(24(25,26)27)36(31,32)19-9-3-2-4-10-19/h2-6,9-14,16H,7-8,15H2,1H3. The van der Waals surface area contributed by atoms with Gasteiger partial charge in [-0.15, -0.1) is 13.2 Å². The Kier molecular flexibility index (Phi) is 6.95. The summed E-state index contributed by atoms with van der Waals surface area (Å²) < 4.78 is 101. The number of ether oxygens (including phenoxy) is 1. The van der Waals surface area contributed by atoms with E-state index in [-0.39, 0.29) is 22.7 Å². The summed E-state index contributed by atoms with van der Waals surface area (Å²) in [5.41, 5.74) is -0.718. The molecule has 0 saturated heterocycles. The lowest BCUT2D eigenvalue weighted by molar-refractivity contribution is -0.115. The van der Waals surface area contributed by atoms with Gasteiger partial charge in [-0.3, -0.25) is 4.31 Å². The molecule has 13 heteroatoms. The van der Waals surface area contributed by atoms with Crippen LogP contribution in [0.3, 0.4) is 0 Å². The maximum atomic E-state index is 14.2. The number of halogens is 3. The first-order valence-electron chi connectivity index (χ1n) is 10.9.